The predicted octanol–water partition coefficient (Wildman–Crippen LogP) is 2.29. The van der Waals surface area contributed by atoms with E-state index in [1.807, 2.05) is 44.2 Å². The van der Waals surface area contributed by atoms with Gasteiger partial charge in [0.2, 0.25) is 5.91 Å². The second-order valence-electron chi connectivity index (χ2n) is 6.55. The zero-order valence-corrected chi connectivity index (χ0v) is 14.8. The summed E-state index contributed by atoms with van der Waals surface area (Å²) in [5.74, 6) is -0.0832. The Bertz CT molecular complexity index is 749. The molecule has 1 aromatic carbocycles. The normalized spacial score (nSPS) is 20.4. The summed E-state index contributed by atoms with van der Waals surface area (Å²) >= 11 is 0. The summed E-state index contributed by atoms with van der Waals surface area (Å²) in [6.45, 7) is 5.97. The van der Waals surface area contributed by atoms with Crippen LogP contribution in [0, 0.1) is 0 Å². The lowest BCUT2D eigenvalue weighted by atomic mass is 10.1. The fraction of sp³-hybridized carbons (Fsp3) is 0.474. The van der Waals surface area contributed by atoms with Gasteiger partial charge in [-0.15, -0.1) is 0 Å². The summed E-state index contributed by atoms with van der Waals surface area (Å²) < 4.78 is 13.1. The van der Waals surface area contributed by atoms with Gasteiger partial charge in [-0.2, -0.15) is 5.10 Å². The average Bonchev–Trinajstić information content (AvgIpc) is 2.99. The highest BCUT2D eigenvalue weighted by atomic mass is 16.5. The van der Waals surface area contributed by atoms with Crippen molar-refractivity contribution in [2.24, 2.45) is 0 Å². The van der Waals surface area contributed by atoms with Gasteiger partial charge in [0, 0.05) is 12.0 Å². The van der Waals surface area contributed by atoms with Gasteiger partial charge in [-0.1, -0.05) is 29.8 Å². The molecule has 1 N–H and O–H groups in total. The van der Waals surface area contributed by atoms with Gasteiger partial charge in [0.25, 0.3) is 0 Å². The number of rotatable bonds is 6. The van der Waals surface area contributed by atoms with E-state index in [2.05, 4.69) is 10.4 Å². The molecular weight excluding hydrogens is 318 g/mol. The number of amides is 1. The van der Waals surface area contributed by atoms with Crippen molar-refractivity contribution in [2.75, 3.05) is 19.8 Å². The van der Waals surface area contributed by atoms with Gasteiger partial charge in [0.1, 0.15) is 6.54 Å². The number of para-hydroxylation sites is 1. The molecule has 0 saturated carbocycles. The van der Waals surface area contributed by atoms with E-state index in [1.165, 1.54) is 5.57 Å². The lowest BCUT2D eigenvalue weighted by Crippen LogP contribution is -2.51. The molecule has 0 spiro atoms. The number of hydrogen-bond donors (Lipinski definition) is 1. The Labute approximate surface area is 147 Å². The molecule has 1 aromatic heterocycles. The number of carbonyl (C=O) groups excluding carboxylic acids is 1. The van der Waals surface area contributed by atoms with Gasteiger partial charge >= 0.3 is 0 Å². The van der Waals surface area contributed by atoms with Crippen molar-refractivity contribution >= 4 is 16.8 Å². The minimum Gasteiger partial charge on any atom is -0.379 e. The van der Waals surface area contributed by atoms with Crippen molar-refractivity contribution in [3.8, 4) is 0 Å². The summed E-state index contributed by atoms with van der Waals surface area (Å²) in [5.41, 5.74) is 2.17. The maximum atomic E-state index is 12.5. The number of fused-ring (bicyclic) bond motifs is 1. The largest absolute Gasteiger partial charge is 0.379 e. The van der Waals surface area contributed by atoms with E-state index in [0.29, 0.717) is 19.8 Å². The summed E-state index contributed by atoms with van der Waals surface area (Å²) in [5, 5.41) is 8.37. The minimum atomic E-state index is -0.131. The molecule has 25 heavy (non-hydrogen) atoms. The highest BCUT2D eigenvalue weighted by molar-refractivity contribution is 5.82. The number of aromatic nitrogens is 2. The van der Waals surface area contributed by atoms with E-state index in [4.69, 9.17) is 9.47 Å². The van der Waals surface area contributed by atoms with E-state index >= 15 is 0 Å². The molecule has 1 aliphatic rings. The van der Waals surface area contributed by atoms with Crippen LogP contribution in [-0.2, 0) is 20.8 Å². The van der Waals surface area contributed by atoms with Crippen LogP contribution >= 0.6 is 0 Å². The predicted molar refractivity (Wildman–Crippen MR) is 96.3 cm³/mol. The number of benzene rings is 1. The Morgan fingerprint density at radius 3 is 3.12 bits per heavy atom. The van der Waals surface area contributed by atoms with Crippen molar-refractivity contribution in [2.45, 2.75) is 39.0 Å². The monoisotopic (exact) mass is 343 g/mol. The molecule has 6 heteroatoms. The quantitative estimate of drug-likeness (QED) is 0.818. The molecule has 1 fully saturated rings. The molecule has 1 saturated heterocycles. The third kappa shape index (κ3) is 4.67. The van der Waals surface area contributed by atoms with Crippen LogP contribution in [0.2, 0.25) is 0 Å². The van der Waals surface area contributed by atoms with Gasteiger partial charge < -0.3 is 14.8 Å². The average molecular weight is 343 g/mol. The van der Waals surface area contributed by atoms with Crippen molar-refractivity contribution in [1.29, 1.82) is 0 Å². The molecule has 2 aromatic rings. The van der Waals surface area contributed by atoms with Gasteiger partial charge in [-0.25, -0.2) is 0 Å². The van der Waals surface area contributed by atoms with Crippen LogP contribution in [0.4, 0.5) is 0 Å². The number of carbonyl (C=O) groups is 1. The van der Waals surface area contributed by atoms with E-state index in [1.54, 1.807) is 10.9 Å². The molecule has 0 aliphatic carbocycles. The second kappa shape index (κ2) is 8.27. The smallest absolute Gasteiger partial charge is 0.242 e. The molecule has 6 nitrogen and oxygen atoms in total. The first kappa shape index (κ1) is 17.6. The molecule has 0 radical (unpaired) electrons. The molecule has 134 valence electrons. The summed E-state index contributed by atoms with van der Waals surface area (Å²) in [7, 11) is 0. The van der Waals surface area contributed by atoms with E-state index < -0.39 is 0 Å². The van der Waals surface area contributed by atoms with E-state index in [9.17, 15) is 4.79 Å². The van der Waals surface area contributed by atoms with E-state index in [-0.39, 0.29) is 24.6 Å². The first-order valence-corrected chi connectivity index (χ1v) is 8.66. The molecule has 0 unspecified atom stereocenters. The Morgan fingerprint density at radius 2 is 2.28 bits per heavy atom. The van der Waals surface area contributed by atoms with Gasteiger partial charge in [-0.3, -0.25) is 9.48 Å². The zero-order chi connectivity index (χ0) is 17.6. The fourth-order valence-electron chi connectivity index (χ4n) is 2.93. The Morgan fingerprint density at radius 1 is 1.44 bits per heavy atom. The fourth-order valence-corrected chi connectivity index (χ4v) is 2.93. The summed E-state index contributed by atoms with van der Waals surface area (Å²) in [6.07, 6.45) is 4.58. The van der Waals surface area contributed by atoms with Crippen LogP contribution in [0.5, 0.6) is 0 Å². The highest BCUT2D eigenvalue weighted by Crippen LogP contribution is 2.14. The number of allylic oxidation sites excluding steroid dienone is 1. The van der Waals surface area contributed by atoms with Crippen LogP contribution in [0.15, 0.2) is 42.1 Å². The number of nitrogens with zero attached hydrogens (tertiary/aromatic N) is 2. The van der Waals surface area contributed by atoms with Crippen molar-refractivity contribution in [3.63, 3.8) is 0 Å². The Hall–Kier alpha value is -2.18. The highest BCUT2D eigenvalue weighted by Gasteiger charge is 2.27. The van der Waals surface area contributed by atoms with Crippen molar-refractivity contribution < 1.29 is 14.3 Å². The van der Waals surface area contributed by atoms with Gasteiger partial charge in [0.15, 0.2) is 0 Å². The van der Waals surface area contributed by atoms with Crippen LogP contribution < -0.4 is 5.32 Å². The van der Waals surface area contributed by atoms with Crippen LogP contribution in [0.3, 0.4) is 0 Å². The third-order valence-corrected chi connectivity index (χ3v) is 4.29. The summed E-state index contributed by atoms with van der Waals surface area (Å²) in [4.78, 5) is 12.5. The molecule has 3 rings (SSSR count). The maximum Gasteiger partial charge on any atom is 0.242 e. The number of ether oxygens (including phenoxy) is 2. The van der Waals surface area contributed by atoms with E-state index in [0.717, 1.165) is 17.3 Å². The molecule has 2 atom stereocenters. The SMILES string of the molecule is CC(C)=CCO[C@H]1CCOC[C@H]1NC(=O)Cn1ncc2ccccc21. The molecule has 2 heterocycles. The molecule has 1 amide bonds. The van der Waals surface area contributed by atoms with Crippen LogP contribution in [0.25, 0.3) is 10.9 Å². The first-order valence-electron chi connectivity index (χ1n) is 8.66. The van der Waals surface area contributed by atoms with Gasteiger partial charge in [-0.05, 0) is 26.3 Å². The number of nitrogens with one attached hydrogen (secondary N) is 1. The first-order chi connectivity index (χ1) is 12.1. The topological polar surface area (TPSA) is 65.4 Å². The Balaban J connectivity index is 1.59. The Kier molecular flexibility index (Phi) is 5.83. The lowest BCUT2D eigenvalue weighted by Gasteiger charge is -2.31. The van der Waals surface area contributed by atoms with Crippen LogP contribution in [-0.4, -0.2) is 47.7 Å². The standard InChI is InChI=1S/C19H25N3O3/c1-14(2)7-10-25-18-8-9-24-13-16(18)21-19(23)12-22-17-6-4-3-5-15(17)11-20-22/h3-7,11,16,18H,8-10,12-13H2,1-2H3,(H,21,23)/t16-,18+/m1/s1. The molecular formula is C19H25N3O3. The van der Waals surface area contributed by atoms with Crippen LogP contribution in [0.1, 0.15) is 20.3 Å². The van der Waals surface area contributed by atoms with Crippen molar-refractivity contribution in [3.05, 3.63) is 42.1 Å². The maximum absolute atomic E-state index is 12.5. The van der Waals surface area contributed by atoms with Gasteiger partial charge in [0.05, 0.1) is 37.1 Å². The molecule has 0 bridgehead atoms. The zero-order valence-electron chi connectivity index (χ0n) is 14.8. The molecule has 1 aliphatic heterocycles. The minimum absolute atomic E-state index is 0.0253. The van der Waals surface area contributed by atoms with Crippen molar-refractivity contribution in [1.82, 2.24) is 15.1 Å². The second-order valence-corrected chi connectivity index (χ2v) is 6.55. The summed E-state index contributed by atoms with van der Waals surface area (Å²) in [6, 6.07) is 7.72. The lowest BCUT2D eigenvalue weighted by molar-refractivity contribution is -0.126. The number of hydrogen-bond acceptors (Lipinski definition) is 4. The third-order valence-electron chi connectivity index (χ3n) is 4.29.